The molecular weight excluding hydrogens is 434 g/mol. The van der Waals surface area contributed by atoms with Gasteiger partial charge in [-0.2, -0.15) is 9.97 Å². The molecule has 29 heavy (non-hydrogen) atoms. The Morgan fingerprint density at radius 1 is 1.28 bits per heavy atom. The van der Waals surface area contributed by atoms with E-state index >= 15 is 0 Å². The molecule has 0 saturated carbocycles. The van der Waals surface area contributed by atoms with E-state index in [0.717, 1.165) is 0 Å². The molecule has 2 aliphatic heterocycles. The first-order chi connectivity index (χ1) is 13.5. The largest absolute Gasteiger partial charge is 0.447 e. The van der Waals surface area contributed by atoms with Crippen molar-refractivity contribution >= 4 is 54.5 Å². The summed E-state index contributed by atoms with van der Waals surface area (Å²) >= 11 is 11.3. The summed E-state index contributed by atoms with van der Waals surface area (Å²) in [6.45, 7) is 11.3. The van der Waals surface area contributed by atoms with E-state index in [2.05, 4.69) is 48.8 Å². The molecule has 4 rings (SSSR count). The zero-order valence-corrected chi connectivity index (χ0v) is 19.5. The normalized spacial score (nSPS) is 27.2. The van der Waals surface area contributed by atoms with Crippen molar-refractivity contribution in [3.8, 4) is 0 Å². The lowest BCUT2D eigenvalue weighted by Gasteiger charge is -2.37. The highest BCUT2D eigenvalue weighted by atomic mass is 35.5. The molecule has 158 valence electrons. The highest BCUT2D eigenvalue weighted by Gasteiger charge is 2.54. The molecule has 0 radical (unpaired) electrons. The molecule has 0 bridgehead atoms. The van der Waals surface area contributed by atoms with Gasteiger partial charge < -0.3 is 24.4 Å². The van der Waals surface area contributed by atoms with Gasteiger partial charge in [-0.3, -0.25) is 4.57 Å². The monoisotopic (exact) mass is 457 g/mol. The van der Waals surface area contributed by atoms with Crippen molar-refractivity contribution in [1.29, 1.82) is 0 Å². The van der Waals surface area contributed by atoms with Crippen LogP contribution in [0.2, 0.25) is 23.3 Å². The molecule has 2 aromatic heterocycles. The number of rotatable bonds is 4. The van der Waals surface area contributed by atoms with Crippen LogP contribution in [0.3, 0.4) is 0 Å². The molecule has 12 heteroatoms. The molecular formula is C17H24ClN5O4SSi. The Morgan fingerprint density at radius 3 is 2.66 bits per heavy atom. The maximum atomic E-state index is 6.36. The van der Waals surface area contributed by atoms with Crippen LogP contribution >= 0.6 is 23.8 Å². The highest BCUT2D eigenvalue weighted by Crippen LogP contribution is 2.41. The van der Waals surface area contributed by atoms with Crippen LogP contribution in [0.1, 0.15) is 27.0 Å². The maximum absolute atomic E-state index is 6.36. The molecule has 0 spiro atoms. The molecule has 0 aromatic carbocycles. The zero-order valence-electron chi connectivity index (χ0n) is 16.9. The van der Waals surface area contributed by atoms with E-state index in [0.29, 0.717) is 17.8 Å². The van der Waals surface area contributed by atoms with E-state index in [1.54, 1.807) is 10.9 Å². The van der Waals surface area contributed by atoms with Gasteiger partial charge in [0.1, 0.15) is 11.6 Å². The van der Waals surface area contributed by atoms with Crippen molar-refractivity contribution in [1.82, 2.24) is 19.5 Å². The van der Waals surface area contributed by atoms with E-state index < -0.39 is 20.6 Å². The predicted molar refractivity (Wildman–Crippen MR) is 114 cm³/mol. The summed E-state index contributed by atoms with van der Waals surface area (Å²) in [5.41, 5.74) is 6.65. The molecule has 2 saturated heterocycles. The van der Waals surface area contributed by atoms with Gasteiger partial charge in [-0.1, -0.05) is 32.4 Å². The van der Waals surface area contributed by atoms with Gasteiger partial charge in [-0.25, -0.2) is 4.98 Å². The van der Waals surface area contributed by atoms with Gasteiger partial charge in [0.25, 0.3) is 0 Å². The third kappa shape index (κ3) is 3.59. The van der Waals surface area contributed by atoms with E-state index in [1.807, 2.05) is 0 Å². The van der Waals surface area contributed by atoms with Crippen LogP contribution in [0.25, 0.3) is 11.2 Å². The van der Waals surface area contributed by atoms with E-state index in [-0.39, 0.29) is 33.6 Å². The summed E-state index contributed by atoms with van der Waals surface area (Å²) in [6, 6.07) is 0. The minimum absolute atomic E-state index is 0.0516. The standard InChI is InChI=1S/C17H24ClN5O4SSi/c1-17(2,3)29(4,5)24-6-8-10-11(27-16(28)26-10)14(25-8)23-7-20-9-12(18)21-15(19)22-13(9)23/h7-8,10-11,14H,6H2,1-5H3,(H2,19,21,22)/t8-,10-,11-,14-/m1/s1. The van der Waals surface area contributed by atoms with Crippen LogP contribution < -0.4 is 5.73 Å². The lowest BCUT2D eigenvalue weighted by Crippen LogP contribution is -2.44. The molecule has 2 fully saturated rings. The molecule has 4 heterocycles. The maximum Gasteiger partial charge on any atom is 0.353 e. The number of nitrogens with two attached hydrogens (primary N) is 1. The van der Waals surface area contributed by atoms with E-state index in [1.165, 1.54) is 0 Å². The predicted octanol–water partition coefficient (Wildman–Crippen LogP) is 3.05. The average Bonchev–Trinajstić information content (AvgIpc) is 3.25. The summed E-state index contributed by atoms with van der Waals surface area (Å²) in [6.07, 6.45) is -0.184. The second kappa shape index (κ2) is 7.01. The fourth-order valence-electron chi connectivity index (χ4n) is 3.18. The number of fused-ring (bicyclic) bond motifs is 2. The first-order valence-electron chi connectivity index (χ1n) is 9.30. The summed E-state index contributed by atoms with van der Waals surface area (Å²) in [4.78, 5) is 12.5. The number of hydrogen-bond donors (Lipinski definition) is 1. The Kier molecular flexibility index (Phi) is 5.01. The lowest BCUT2D eigenvalue weighted by molar-refractivity contribution is -0.0580. The van der Waals surface area contributed by atoms with Crippen LogP contribution in [0, 0.1) is 0 Å². The Morgan fingerprint density at radius 2 is 1.97 bits per heavy atom. The first-order valence-corrected chi connectivity index (χ1v) is 13.0. The van der Waals surface area contributed by atoms with Gasteiger partial charge in [-0.05, 0) is 18.1 Å². The van der Waals surface area contributed by atoms with Gasteiger partial charge in [0.05, 0.1) is 12.9 Å². The van der Waals surface area contributed by atoms with Crippen LogP contribution in [-0.2, 0) is 18.6 Å². The van der Waals surface area contributed by atoms with Gasteiger partial charge >= 0.3 is 5.24 Å². The number of nitrogens with zero attached hydrogens (tertiary/aromatic N) is 4. The van der Waals surface area contributed by atoms with E-state index in [4.69, 9.17) is 48.2 Å². The summed E-state index contributed by atoms with van der Waals surface area (Å²) in [7, 11) is -1.96. The van der Waals surface area contributed by atoms with Crippen LogP contribution in [0.4, 0.5) is 5.95 Å². The van der Waals surface area contributed by atoms with Crippen LogP contribution in [-0.4, -0.2) is 58.0 Å². The molecule has 9 nitrogen and oxygen atoms in total. The number of halogens is 1. The van der Waals surface area contributed by atoms with Crippen molar-refractivity contribution in [2.24, 2.45) is 0 Å². The van der Waals surface area contributed by atoms with Crippen molar-refractivity contribution in [2.75, 3.05) is 12.3 Å². The highest BCUT2D eigenvalue weighted by molar-refractivity contribution is 7.79. The van der Waals surface area contributed by atoms with Crippen molar-refractivity contribution in [3.05, 3.63) is 11.5 Å². The number of imidazole rings is 1. The van der Waals surface area contributed by atoms with Crippen molar-refractivity contribution in [2.45, 2.75) is 63.4 Å². The third-order valence-corrected chi connectivity index (χ3v) is 10.8. The quantitative estimate of drug-likeness (QED) is 0.421. The Balaban J connectivity index is 1.62. The molecule has 4 atom stereocenters. The zero-order chi connectivity index (χ0) is 21.1. The smallest absolute Gasteiger partial charge is 0.353 e. The molecule has 2 aromatic rings. The van der Waals surface area contributed by atoms with Gasteiger partial charge in [0.2, 0.25) is 5.95 Å². The number of anilines is 1. The Bertz CT molecular complexity index is 965. The van der Waals surface area contributed by atoms with E-state index in [9.17, 15) is 0 Å². The second-order valence-corrected chi connectivity index (χ2v) is 14.2. The SMILES string of the molecule is CC(C)(C)[Si](C)(C)OC[C@H]1O[C@@H](n2cnc3c(Cl)nc(N)nc32)[C@@H]2OC(=S)O[C@@H]21. The fourth-order valence-corrected chi connectivity index (χ4v) is 4.63. The lowest BCUT2D eigenvalue weighted by atomic mass is 10.1. The Hall–Kier alpha value is -1.53. The number of hydrogen-bond acceptors (Lipinski definition) is 9. The number of aromatic nitrogens is 4. The topological polar surface area (TPSA) is 107 Å². The average molecular weight is 458 g/mol. The van der Waals surface area contributed by atoms with Crippen LogP contribution in [0.5, 0.6) is 0 Å². The summed E-state index contributed by atoms with van der Waals surface area (Å²) in [5, 5.41) is 0.360. The van der Waals surface area contributed by atoms with Gasteiger partial charge in [-0.15, -0.1) is 0 Å². The second-order valence-electron chi connectivity index (χ2n) is 8.75. The van der Waals surface area contributed by atoms with Crippen molar-refractivity contribution < 1.29 is 18.6 Å². The Labute approximate surface area is 180 Å². The van der Waals surface area contributed by atoms with Crippen molar-refractivity contribution in [3.63, 3.8) is 0 Å². The van der Waals surface area contributed by atoms with Crippen LogP contribution in [0.15, 0.2) is 6.33 Å². The fraction of sp³-hybridized carbons (Fsp3) is 0.647. The third-order valence-electron chi connectivity index (χ3n) is 5.84. The number of ether oxygens (including phenoxy) is 3. The number of thiocarbonyl (C=S) groups is 1. The molecule has 2 aliphatic rings. The van der Waals surface area contributed by atoms with Gasteiger partial charge in [0.15, 0.2) is 37.6 Å². The summed E-state index contributed by atoms with van der Waals surface area (Å²) in [5.74, 6) is 0.0516. The summed E-state index contributed by atoms with van der Waals surface area (Å²) < 4.78 is 25.8. The molecule has 0 aliphatic carbocycles. The minimum Gasteiger partial charge on any atom is -0.447 e. The number of nitrogen functional groups attached to an aromatic ring is 1. The first kappa shape index (κ1) is 20.7. The molecule has 0 unspecified atom stereocenters. The minimum atomic E-state index is -1.96. The van der Waals surface area contributed by atoms with Gasteiger partial charge in [0, 0.05) is 12.2 Å². The molecule has 2 N–H and O–H groups in total. The molecule has 0 amide bonds.